The summed E-state index contributed by atoms with van der Waals surface area (Å²) >= 11 is 0.192. The Morgan fingerprint density at radius 1 is 1.12 bits per heavy atom. The highest BCUT2D eigenvalue weighted by Crippen LogP contribution is 2.36. The molecule has 1 aromatic rings. The van der Waals surface area contributed by atoms with Crippen molar-refractivity contribution >= 4 is 12.0 Å². The fraction of sp³-hybridized carbons (Fsp3) is 0.333. The number of hydrogen-bond donors (Lipinski definition) is 0. The number of methoxy groups -OCH3 is 2. The molecule has 0 aliphatic carbocycles. The number of rotatable bonds is 4. The van der Waals surface area contributed by atoms with Crippen molar-refractivity contribution in [1.29, 1.82) is 0 Å². The van der Waals surface area contributed by atoms with E-state index in [2.05, 4.69) is 4.18 Å². The minimum Gasteiger partial charge on any atom is -0.497 e. The second-order valence-corrected chi connectivity index (χ2v) is 3.40. The van der Waals surface area contributed by atoms with Crippen LogP contribution in [0.2, 0.25) is 0 Å². The van der Waals surface area contributed by atoms with Gasteiger partial charge in [0.25, 0.3) is 0 Å². The summed E-state index contributed by atoms with van der Waals surface area (Å²) < 4.78 is 48.9. The van der Waals surface area contributed by atoms with Gasteiger partial charge in [0.05, 0.1) is 19.1 Å². The highest BCUT2D eigenvalue weighted by atomic mass is 32.2. The van der Waals surface area contributed by atoms with E-state index in [-0.39, 0.29) is 22.7 Å². The highest BCUT2D eigenvalue weighted by molar-refractivity contribution is 7.94. The van der Waals surface area contributed by atoms with Crippen LogP contribution >= 0.6 is 12.0 Å². The molecule has 0 aliphatic rings. The Morgan fingerprint density at radius 3 is 2.31 bits per heavy atom. The molecule has 0 aromatic heterocycles. The quantitative estimate of drug-likeness (QED) is 0.771. The molecule has 0 amide bonds. The van der Waals surface area contributed by atoms with Crippen molar-refractivity contribution in [3.63, 3.8) is 0 Å². The molecule has 16 heavy (non-hydrogen) atoms. The predicted octanol–water partition coefficient (Wildman–Crippen LogP) is 3.25. The van der Waals surface area contributed by atoms with Crippen LogP contribution in [0, 0.1) is 0 Å². The van der Waals surface area contributed by atoms with Crippen molar-refractivity contribution in [1.82, 2.24) is 0 Å². The molecule has 90 valence electrons. The van der Waals surface area contributed by atoms with Crippen LogP contribution in [0.3, 0.4) is 0 Å². The highest BCUT2D eigenvalue weighted by Gasteiger charge is 2.30. The van der Waals surface area contributed by atoms with E-state index < -0.39 is 6.36 Å². The maximum absolute atomic E-state index is 11.8. The van der Waals surface area contributed by atoms with Gasteiger partial charge < -0.3 is 9.47 Å². The number of halogens is 3. The summed E-state index contributed by atoms with van der Waals surface area (Å²) in [5.41, 5.74) is 0. The molecule has 1 rings (SSSR count). The van der Waals surface area contributed by atoms with Gasteiger partial charge in [0.15, 0.2) is 0 Å². The Morgan fingerprint density at radius 2 is 1.81 bits per heavy atom. The van der Waals surface area contributed by atoms with Gasteiger partial charge in [-0.3, -0.25) is 0 Å². The van der Waals surface area contributed by atoms with E-state index in [1.54, 1.807) is 0 Å². The van der Waals surface area contributed by atoms with Crippen LogP contribution < -0.4 is 9.47 Å². The second kappa shape index (κ2) is 5.31. The maximum Gasteiger partial charge on any atom is 0.533 e. The van der Waals surface area contributed by atoms with E-state index in [1.165, 1.54) is 32.4 Å². The fourth-order valence-electron chi connectivity index (χ4n) is 0.936. The summed E-state index contributed by atoms with van der Waals surface area (Å²) in [5, 5.41) is 0. The van der Waals surface area contributed by atoms with E-state index in [4.69, 9.17) is 9.47 Å². The lowest BCUT2D eigenvalue weighted by Gasteiger charge is -2.10. The maximum atomic E-state index is 11.8. The number of benzene rings is 1. The summed E-state index contributed by atoms with van der Waals surface area (Å²) in [5.74, 6) is 0.752. The predicted molar refractivity (Wildman–Crippen MR) is 52.5 cm³/mol. The first-order chi connectivity index (χ1) is 7.46. The van der Waals surface area contributed by atoms with Gasteiger partial charge in [-0.1, -0.05) is 0 Å². The minimum absolute atomic E-state index is 0.192. The summed E-state index contributed by atoms with van der Waals surface area (Å²) in [6, 6.07) is 4.42. The lowest BCUT2D eigenvalue weighted by atomic mass is 10.3. The first-order valence-electron chi connectivity index (χ1n) is 4.10. The third-order valence-electron chi connectivity index (χ3n) is 1.60. The molecule has 0 saturated carbocycles. The third kappa shape index (κ3) is 3.82. The zero-order valence-electron chi connectivity index (χ0n) is 8.50. The SMILES string of the molecule is COc1ccc(SOC(F)(F)F)c(OC)c1. The summed E-state index contributed by atoms with van der Waals surface area (Å²) in [7, 11) is 2.81. The van der Waals surface area contributed by atoms with Crippen molar-refractivity contribution in [2.75, 3.05) is 14.2 Å². The molecule has 0 spiro atoms. The van der Waals surface area contributed by atoms with E-state index >= 15 is 0 Å². The Balaban J connectivity index is 2.79. The molecule has 0 aliphatic heterocycles. The van der Waals surface area contributed by atoms with Crippen LogP contribution in [-0.4, -0.2) is 20.6 Å². The van der Waals surface area contributed by atoms with Crippen molar-refractivity contribution in [2.24, 2.45) is 0 Å². The van der Waals surface area contributed by atoms with Gasteiger partial charge >= 0.3 is 6.36 Å². The first-order valence-corrected chi connectivity index (χ1v) is 4.85. The van der Waals surface area contributed by atoms with Crippen molar-refractivity contribution < 1.29 is 26.8 Å². The lowest BCUT2D eigenvalue weighted by molar-refractivity contribution is -0.266. The molecule has 0 fully saturated rings. The van der Waals surface area contributed by atoms with Crippen molar-refractivity contribution in [2.45, 2.75) is 11.3 Å². The molecule has 0 radical (unpaired) electrons. The van der Waals surface area contributed by atoms with Crippen LogP contribution in [0.5, 0.6) is 11.5 Å². The molecular formula is C9H9F3O3S. The molecule has 0 atom stereocenters. The van der Waals surface area contributed by atoms with E-state index in [0.29, 0.717) is 5.75 Å². The molecule has 3 nitrogen and oxygen atoms in total. The molecular weight excluding hydrogens is 245 g/mol. The molecule has 1 aromatic carbocycles. The van der Waals surface area contributed by atoms with Crippen molar-refractivity contribution in [3.8, 4) is 11.5 Å². The topological polar surface area (TPSA) is 27.7 Å². The van der Waals surface area contributed by atoms with Crippen molar-refractivity contribution in [3.05, 3.63) is 18.2 Å². The molecule has 0 unspecified atom stereocenters. The van der Waals surface area contributed by atoms with Gasteiger partial charge in [0.2, 0.25) is 0 Å². The molecule has 0 N–H and O–H groups in total. The third-order valence-corrected chi connectivity index (χ3v) is 2.39. The van der Waals surface area contributed by atoms with Gasteiger partial charge in [-0.15, -0.1) is 13.2 Å². The Kier molecular flexibility index (Phi) is 4.31. The largest absolute Gasteiger partial charge is 0.533 e. The molecule has 0 bridgehead atoms. The number of hydrogen-bond acceptors (Lipinski definition) is 4. The van der Waals surface area contributed by atoms with Crippen LogP contribution in [-0.2, 0) is 4.18 Å². The van der Waals surface area contributed by atoms with E-state index in [9.17, 15) is 13.2 Å². The average molecular weight is 254 g/mol. The monoisotopic (exact) mass is 254 g/mol. The standard InChI is InChI=1S/C9H9F3O3S/c1-13-6-3-4-8(7(5-6)14-2)16-15-9(10,11)12/h3-5H,1-2H3. The smallest absolute Gasteiger partial charge is 0.497 e. The molecule has 7 heteroatoms. The lowest BCUT2D eigenvalue weighted by Crippen LogP contribution is -2.07. The zero-order valence-corrected chi connectivity index (χ0v) is 9.32. The van der Waals surface area contributed by atoms with Crippen LogP contribution in [0.4, 0.5) is 13.2 Å². The van der Waals surface area contributed by atoms with Crippen LogP contribution in [0.25, 0.3) is 0 Å². The Bertz CT molecular complexity index is 354. The Labute approximate surface area is 94.7 Å². The minimum atomic E-state index is -4.68. The zero-order chi connectivity index (χ0) is 12.2. The van der Waals surface area contributed by atoms with Gasteiger partial charge in [-0.05, 0) is 12.1 Å². The van der Waals surface area contributed by atoms with Crippen LogP contribution in [0.1, 0.15) is 0 Å². The first kappa shape index (κ1) is 13.0. The van der Waals surface area contributed by atoms with E-state index in [0.717, 1.165) is 0 Å². The molecule has 0 heterocycles. The van der Waals surface area contributed by atoms with Gasteiger partial charge in [0.1, 0.15) is 11.5 Å². The normalized spacial score (nSPS) is 11.3. The van der Waals surface area contributed by atoms with Crippen LogP contribution in [0.15, 0.2) is 23.1 Å². The van der Waals surface area contributed by atoms with Gasteiger partial charge in [0, 0.05) is 18.1 Å². The van der Waals surface area contributed by atoms with Gasteiger partial charge in [-0.25, -0.2) is 4.18 Å². The number of alkyl halides is 3. The number of ether oxygens (including phenoxy) is 2. The fourth-order valence-corrected chi connectivity index (χ4v) is 1.47. The summed E-state index contributed by atoms with van der Waals surface area (Å²) in [6.45, 7) is 0. The Hall–Kier alpha value is -1.08. The van der Waals surface area contributed by atoms with Gasteiger partial charge in [-0.2, -0.15) is 0 Å². The second-order valence-electron chi connectivity index (χ2n) is 2.63. The van der Waals surface area contributed by atoms with E-state index in [1.807, 2.05) is 0 Å². The summed E-state index contributed by atoms with van der Waals surface area (Å²) in [4.78, 5) is 0.223. The molecule has 0 saturated heterocycles. The average Bonchev–Trinajstić information content (AvgIpc) is 2.25. The summed E-state index contributed by atoms with van der Waals surface area (Å²) in [6.07, 6.45) is -4.68.